The van der Waals surface area contributed by atoms with Crippen LogP contribution in [0.3, 0.4) is 0 Å². The minimum atomic E-state index is -1.09. The molecule has 0 radical (unpaired) electrons. The molecule has 162 valence electrons. The van der Waals surface area contributed by atoms with E-state index < -0.39 is 5.54 Å². The van der Waals surface area contributed by atoms with Gasteiger partial charge in [-0.15, -0.1) is 0 Å². The van der Waals surface area contributed by atoms with E-state index in [0.29, 0.717) is 12.5 Å². The average molecular weight is 422 g/mol. The molecular weight excluding hydrogens is 394 g/mol. The predicted octanol–water partition coefficient (Wildman–Crippen LogP) is 0.454. The van der Waals surface area contributed by atoms with Crippen molar-refractivity contribution < 1.29 is 14.3 Å². The van der Waals surface area contributed by atoms with Gasteiger partial charge < -0.3 is 15.4 Å². The number of aliphatic imine (C=N–C) groups is 1. The van der Waals surface area contributed by atoms with Crippen LogP contribution in [-0.4, -0.2) is 68.6 Å². The van der Waals surface area contributed by atoms with Crippen LogP contribution in [0.1, 0.15) is 11.1 Å². The van der Waals surface area contributed by atoms with E-state index in [1.54, 1.807) is 0 Å². The highest BCUT2D eigenvalue weighted by Crippen LogP contribution is 2.32. The largest absolute Gasteiger partial charge is 0.379 e. The van der Waals surface area contributed by atoms with Crippen molar-refractivity contribution in [2.24, 2.45) is 4.99 Å². The van der Waals surface area contributed by atoms with Gasteiger partial charge in [-0.05, 0) is 11.1 Å². The van der Waals surface area contributed by atoms with E-state index in [0.717, 1.165) is 44.0 Å². The smallest absolute Gasteiger partial charge is 0.261 e. The number of benzene rings is 2. The van der Waals surface area contributed by atoms with Gasteiger partial charge in [-0.2, -0.15) is 0 Å². The number of guanidine groups is 1. The molecule has 2 fully saturated rings. The zero-order chi connectivity index (χ0) is 21.5. The lowest BCUT2D eigenvalue weighted by Gasteiger charge is -2.27. The van der Waals surface area contributed by atoms with E-state index >= 15 is 0 Å². The first-order valence-corrected chi connectivity index (χ1v) is 10.5. The summed E-state index contributed by atoms with van der Waals surface area (Å²) in [5.41, 5.74) is 0.520. The molecule has 0 spiro atoms. The Hall–Kier alpha value is -3.23. The van der Waals surface area contributed by atoms with E-state index in [4.69, 9.17) is 4.74 Å². The van der Waals surface area contributed by atoms with Crippen molar-refractivity contribution in [3.8, 4) is 0 Å². The summed E-state index contributed by atoms with van der Waals surface area (Å²) in [6.07, 6.45) is 0. The van der Waals surface area contributed by atoms with Crippen LogP contribution in [0.4, 0.5) is 0 Å². The van der Waals surface area contributed by atoms with Crippen LogP contribution in [0.15, 0.2) is 65.7 Å². The van der Waals surface area contributed by atoms with Crippen LogP contribution >= 0.6 is 0 Å². The first kappa shape index (κ1) is 21.0. The maximum Gasteiger partial charge on any atom is 0.261 e. The lowest BCUT2D eigenvalue weighted by Crippen LogP contribution is -2.45. The lowest BCUT2D eigenvalue weighted by molar-refractivity contribution is -0.123. The number of carbonyl (C=O) groups excluding carboxylic acids is 2. The molecule has 31 heavy (non-hydrogen) atoms. The topological polar surface area (TPSA) is 95.1 Å². The molecular formula is C23H27N5O3. The van der Waals surface area contributed by atoms with Crippen LogP contribution < -0.4 is 16.0 Å². The summed E-state index contributed by atoms with van der Waals surface area (Å²) in [5, 5.41) is 8.92. The van der Waals surface area contributed by atoms with Gasteiger partial charge in [0.2, 0.25) is 5.91 Å². The third kappa shape index (κ3) is 4.76. The number of nitrogens with one attached hydrogen (secondary N) is 3. The van der Waals surface area contributed by atoms with Crippen molar-refractivity contribution in [1.82, 2.24) is 20.9 Å². The highest BCUT2D eigenvalue weighted by atomic mass is 16.5. The molecule has 2 saturated heterocycles. The fourth-order valence-corrected chi connectivity index (χ4v) is 3.88. The Balaban J connectivity index is 1.42. The molecule has 0 aliphatic carbocycles. The Morgan fingerprint density at radius 1 is 1.03 bits per heavy atom. The molecule has 8 heteroatoms. The molecule has 0 saturated carbocycles. The van der Waals surface area contributed by atoms with Gasteiger partial charge in [0, 0.05) is 26.2 Å². The number of hydrogen-bond donors (Lipinski definition) is 3. The summed E-state index contributed by atoms with van der Waals surface area (Å²) in [4.78, 5) is 31.9. The van der Waals surface area contributed by atoms with Gasteiger partial charge in [0.15, 0.2) is 11.5 Å². The van der Waals surface area contributed by atoms with Crippen molar-refractivity contribution in [2.75, 3.05) is 45.9 Å². The summed E-state index contributed by atoms with van der Waals surface area (Å²) < 4.78 is 5.32. The fourth-order valence-electron chi connectivity index (χ4n) is 3.88. The number of morpholine rings is 1. The van der Waals surface area contributed by atoms with E-state index in [9.17, 15) is 9.59 Å². The van der Waals surface area contributed by atoms with Gasteiger partial charge in [-0.1, -0.05) is 60.7 Å². The van der Waals surface area contributed by atoms with Crippen LogP contribution in [-0.2, 0) is 19.9 Å². The summed E-state index contributed by atoms with van der Waals surface area (Å²) >= 11 is 0. The minimum Gasteiger partial charge on any atom is -0.379 e. The number of ether oxygens (including phenoxy) is 1. The van der Waals surface area contributed by atoms with Gasteiger partial charge in [-0.25, -0.2) is 4.99 Å². The van der Waals surface area contributed by atoms with Crippen LogP contribution in [0.2, 0.25) is 0 Å². The molecule has 4 rings (SSSR count). The van der Waals surface area contributed by atoms with Crippen molar-refractivity contribution in [1.29, 1.82) is 0 Å². The number of rotatable bonds is 7. The van der Waals surface area contributed by atoms with Crippen LogP contribution in [0.25, 0.3) is 0 Å². The first-order valence-electron chi connectivity index (χ1n) is 10.5. The summed E-state index contributed by atoms with van der Waals surface area (Å²) in [6.45, 7) is 4.51. The van der Waals surface area contributed by atoms with Crippen molar-refractivity contribution in [3.05, 3.63) is 71.8 Å². The molecule has 0 atom stereocenters. The maximum absolute atomic E-state index is 13.1. The molecule has 0 aromatic heterocycles. The number of hydrogen-bond acceptors (Lipinski definition) is 5. The lowest BCUT2D eigenvalue weighted by atomic mass is 9.83. The second-order valence-corrected chi connectivity index (χ2v) is 7.53. The Morgan fingerprint density at radius 3 is 2.26 bits per heavy atom. The van der Waals surface area contributed by atoms with E-state index in [2.05, 4.69) is 25.8 Å². The zero-order valence-electron chi connectivity index (χ0n) is 17.3. The first-order chi connectivity index (χ1) is 15.2. The second kappa shape index (κ2) is 9.72. The highest BCUT2D eigenvalue weighted by Gasteiger charge is 2.48. The number of nitrogens with zero attached hydrogens (tertiary/aromatic N) is 2. The fraction of sp³-hybridized carbons (Fsp3) is 0.348. The summed E-state index contributed by atoms with van der Waals surface area (Å²) in [6, 6.07) is 19.0. The van der Waals surface area contributed by atoms with Crippen molar-refractivity contribution >= 4 is 17.8 Å². The maximum atomic E-state index is 13.1. The molecule has 2 aliphatic rings. The van der Waals surface area contributed by atoms with Crippen LogP contribution in [0, 0.1) is 0 Å². The SMILES string of the molecule is O=C(CN=C1NC(=O)C(c2ccccc2)(c2ccccc2)N1)NCCN1CCOCC1. The van der Waals surface area contributed by atoms with Gasteiger partial charge in [0.1, 0.15) is 6.54 Å². The molecule has 8 nitrogen and oxygen atoms in total. The van der Waals surface area contributed by atoms with E-state index in [-0.39, 0.29) is 18.4 Å². The zero-order valence-corrected chi connectivity index (χ0v) is 17.3. The molecule has 0 unspecified atom stereocenters. The minimum absolute atomic E-state index is 0.0641. The Kier molecular flexibility index (Phi) is 6.59. The van der Waals surface area contributed by atoms with Gasteiger partial charge >= 0.3 is 0 Å². The van der Waals surface area contributed by atoms with E-state index in [1.807, 2.05) is 60.7 Å². The highest BCUT2D eigenvalue weighted by molar-refractivity contribution is 6.11. The third-order valence-corrected chi connectivity index (χ3v) is 5.53. The van der Waals surface area contributed by atoms with E-state index in [1.165, 1.54) is 0 Å². The average Bonchev–Trinajstić information content (AvgIpc) is 3.17. The summed E-state index contributed by atoms with van der Waals surface area (Å²) in [7, 11) is 0. The molecule has 3 N–H and O–H groups in total. The predicted molar refractivity (Wildman–Crippen MR) is 118 cm³/mol. The standard InChI is InChI=1S/C23H27N5O3/c29-20(24-11-12-28-13-15-31-16-14-28)17-25-22-26-21(30)23(27-22,18-7-3-1-4-8-18)19-9-5-2-6-10-19/h1-10H,11-17H2,(H,24,29)(H2,25,26,27,30). The van der Waals surface area contributed by atoms with Gasteiger partial charge in [0.05, 0.1) is 13.2 Å². The number of amides is 2. The Labute approximate surface area is 181 Å². The molecule has 2 aliphatic heterocycles. The molecule has 0 bridgehead atoms. The van der Waals surface area contributed by atoms with Crippen molar-refractivity contribution in [3.63, 3.8) is 0 Å². The summed E-state index contributed by atoms with van der Waals surface area (Å²) in [5.74, 6) is -0.119. The Bertz CT molecular complexity index is 887. The van der Waals surface area contributed by atoms with Gasteiger partial charge in [-0.3, -0.25) is 19.8 Å². The number of carbonyl (C=O) groups is 2. The molecule has 2 amide bonds. The normalized spacial score (nSPS) is 19.6. The van der Waals surface area contributed by atoms with Crippen molar-refractivity contribution in [2.45, 2.75) is 5.54 Å². The second-order valence-electron chi connectivity index (χ2n) is 7.53. The van der Waals surface area contributed by atoms with Crippen LogP contribution in [0.5, 0.6) is 0 Å². The van der Waals surface area contributed by atoms with Gasteiger partial charge in [0.25, 0.3) is 5.91 Å². The quantitative estimate of drug-likeness (QED) is 0.604. The Morgan fingerprint density at radius 2 is 1.65 bits per heavy atom. The monoisotopic (exact) mass is 421 g/mol. The molecule has 2 aromatic carbocycles. The third-order valence-electron chi connectivity index (χ3n) is 5.53. The molecule has 2 aromatic rings. The molecule has 2 heterocycles.